The lowest BCUT2D eigenvalue weighted by Crippen LogP contribution is -2.66. The molecule has 0 saturated heterocycles. The van der Waals surface area contributed by atoms with Crippen LogP contribution in [0, 0.1) is 30.6 Å². The maximum absolute atomic E-state index is 12.2. The number of hydrogen-bond donors (Lipinski definition) is 0. The number of benzene rings is 1. The molecule has 0 radical (unpaired) electrons. The highest BCUT2D eigenvalue weighted by molar-refractivity contribution is 7.86. The van der Waals surface area contributed by atoms with Gasteiger partial charge in [-0.2, -0.15) is 8.42 Å². The topological polar surface area (TPSA) is 43.4 Å². The Hall–Kier alpha value is -0.870. The Balaban J connectivity index is 1.49. The first-order valence-corrected chi connectivity index (χ1v) is 8.47. The van der Waals surface area contributed by atoms with E-state index >= 15 is 0 Å². The second-order valence-corrected chi connectivity index (χ2v) is 7.86. The Kier molecular flexibility index (Phi) is 2.40. The lowest BCUT2D eigenvalue weighted by Gasteiger charge is -2.68. The maximum atomic E-state index is 12.2. The molecule has 3 fully saturated rings. The Morgan fingerprint density at radius 3 is 2.32 bits per heavy atom. The van der Waals surface area contributed by atoms with E-state index in [2.05, 4.69) is 0 Å². The van der Waals surface area contributed by atoms with Crippen LogP contribution in [0.15, 0.2) is 29.2 Å². The van der Waals surface area contributed by atoms with E-state index in [9.17, 15) is 8.42 Å². The van der Waals surface area contributed by atoms with Crippen LogP contribution in [0.25, 0.3) is 0 Å². The molecule has 1 aromatic rings. The summed E-state index contributed by atoms with van der Waals surface area (Å²) >= 11 is 0. The molecule has 0 N–H and O–H groups in total. The molecule has 0 aliphatic heterocycles. The van der Waals surface area contributed by atoms with Gasteiger partial charge < -0.3 is 0 Å². The van der Waals surface area contributed by atoms with E-state index < -0.39 is 10.1 Å². The fourth-order valence-corrected chi connectivity index (χ4v) is 5.27. The van der Waals surface area contributed by atoms with Gasteiger partial charge >= 0.3 is 0 Å². The molecule has 0 heterocycles. The van der Waals surface area contributed by atoms with E-state index in [1.807, 2.05) is 19.1 Å². The van der Waals surface area contributed by atoms with Crippen molar-refractivity contribution in [2.24, 2.45) is 23.7 Å². The molecule has 102 valence electrons. The van der Waals surface area contributed by atoms with Crippen LogP contribution >= 0.6 is 0 Å². The lowest BCUT2D eigenvalue weighted by molar-refractivity contribution is -0.222. The van der Waals surface area contributed by atoms with Crippen molar-refractivity contribution >= 4 is 10.1 Å². The number of fused-ring (bicyclic) bond motifs is 4. The molecule has 19 heavy (non-hydrogen) atoms. The van der Waals surface area contributed by atoms with Gasteiger partial charge in [-0.3, -0.25) is 4.18 Å². The summed E-state index contributed by atoms with van der Waals surface area (Å²) < 4.78 is 29.9. The molecule has 4 rings (SSSR count). The van der Waals surface area contributed by atoms with Gasteiger partial charge in [-0.05, 0) is 62.0 Å². The summed E-state index contributed by atoms with van der Waals surface area (Å²) in [6.45, 7) is 1.94. The van der Waals surface area contributed by atoms with Crippen molar-refractivity contribution in [1.82, 2.24) is 0 Å². The first-order valence-electron chi connectivity index (χ1n) is 7.06. The van der Waals surface area contributed by atoms with E-state index in [4.69, 9.17) is 4.18 Å². The summed E-state index contributed by atoms with van der Waals surface area (Å²) in [6, 6.07) is 6.89. The maximum Gasteiger partial charge on any atom is 0.297 e. The highest BCUT2D eigenvalue weighted by atomic mass is 32.2. The molecule has 4 heteroatoms. The smallest absolute Gasteiger partial charge is 0.263 e. The monoisotopic (exact) mass is 278 g/mol. The third kappa shape index (κ3) is 1.62. The first-order chi connectivity index (χ1) is 9.06. The molecule has 0 amide bonds. The van der Waals surface area contributed by atoms with Crippen molar-refractivity contribution in [3.63, 3.8) is 0 Å². The molecule has 0 unspecified atom stereocenters. The minimum absolute atomic E-state index is 0.0575. The molecule has 3 saturated carbocycles. The van der Waals surface area contributed by atoms with Gasteiger partial charge in [-0.1, -0.05) is 17.7 Å². The van der Waals surface area contributed by atoms with Crippen LogP contribution in [-0.4, -0.2) is 14.5 Å². The van der Waals surface area contributed by atoms with Gasteiger partial charge in [-0.25, -0.2) is 0 Å². The Labute approximate surface area is 114 Å². The molecule has 0 aromatic heterocycles. The van der Waals surface area contributed by atoms with Crippen LogP contribution in [0.5, 0.6) is 0 Å². The second kappa shape index (κ2) is 3.83. The summed E-state index contributed by atoms with van der Waals surface area (Å²) in [4.78, 5) is 0.283. The van der Waals surface area contributed by atoms with Crippen LogP contribution in [0.4, 0.5) is 0 Å². The van der Waals surface area contributed by atoms with Crippen LogP contribution in [0.3, 0.4) is 0 Å². The predicted octanol–water partition coefficient (Wildman–Crippen LogP) is 2.74. The minimum atomic E-state index is -3.58. The zero-order valence-corrected chi connectivity index (χ0v) is 11.8. The molecule has 0 bridgehead atoms. The minimum Gasteiger partial charge on any atom is -0.263 e. The Bertz CT molecular complexity index is 599. The van der Waals surface area contributed by atoms with E-state index in [0.717, 1.165) is 29.7 Å². The van der Waals surface area contributed by atoms with E-state index in [1.165, 1.54) is 12.8 Å². The van der Waals surface area contributed by atoms with Crippen LogP contribution < -0.4 is 0 Å². The van der Waals surface area contributed by atoms with Gasteiger partial charge in [0.1, 0.15) is 0 Å². The Morgan fingerprint density at radius 2 is 1.74 bits per heavy atom. The van der Waals surface area contributed by atoms with Crippen LogP contribution in [-0.2, 0) is 14.3 Å². The third-order valence-electron chi connectivity index (χ3n) is 5.42. The third-order valence-corrected chi connectivity index (χ3v) is 6.77. The summed E-state index contributed by atoms with van der Waals surface area (Å²) in [7, 11) is -3.58. The zero-order valence-electron chi connectivity index (χ0n) is 11.0. The van der Waals surface area contributed by atoms with Crippen molar-refractivity contribution < 1.29 is 12.6 Å². The quantitative estimate of drug-likeness (QED) is 0.798. The van der Waals surface area contributed by atoms with Crippen molar-refractivity contribution in [2.75, 3.05) is 0 Å². The molecule has 0 spiro atoms. The summed E-state index contributed by atoms with van der Waals surface area (Å²) in [5, 5.41) is 0. The second-order valence-electron chi connectivity index (χ2n) is 6.28. The van der Waals surface area contributed by atoms with E-state index in [0.29, 0.717) is 5.92 Å². The van der Waals surface area contributed by atoms with E-state index in [-0.39, 0.29) is 11.0 Å². The summed E-state index contributed by atoms with van der Waals surface area (Å²) in [5.41, 5.74) is 1.05. The van der Waals surface area contributed by atoms with Gasteiger partial charge in [-0.15, -0.1) is 0 Å². The van der Waals surface area contributed by atoms with Gasteiger partial charge in [0, 0.05) is 0 Å². The average molecular weight is 278 g/mol. The lowest BCUT2D eigenvalue weighted by atomic mass is 9.38. The highest BCUT2D eigenvalue weighted by Crippen LogP contribution is 2.67. The first kappa shape index (κ1) is 11.9. The number of hydrogen-bond acceptors (Lipinski definition) is 3. The molecule has 1 aromatic carbocycles. The van der Waals surface area contributed by atoms with Crippen molar-refractivity contribution in [2.45, 2.75) is 37.2 Å². The fraction of sp³-hybridized carbons (Fsp3) is 0.600. The number of aryl methyl sites for hydroxylation is 1. The van der Waals surface area contributed by atoms with E-state index in [1.54, 1.807) is 12.1 Å². The summed E-state index contributed by atoms with van der Waals surface area (Å²) in [5.74, 6) is 2.94. The zero-order chi connectivity index (χ0) is 13.2. The van der Waals surface area contributed by atoms with Crippen molar-refractivity contribution in [3.8, 4) is 0 Å². The van der Waals surface area contributed by atoms with Gasteiger partial charge in [0.05, 0.1) is 11.0 Å². The number of rotatable bonds is 3. The van der Waals surface area contributed by atoms with Crippen molar-refractivity contribution in [1.29, 1.82) is 0 Å². The largest absolute Gasteiger partial charge is 0.297 e. The predicted molar refractivity (Wildman–Crippen MR) is 71.0 cm³/mol. The summed E-state index contributed by atoms with van der Waals surface area (Å²) in [6.07, 6.45) is 3.51. The normalized spacial score (nSPS) is 39.3. The van der Waals surface area contributed by atoms with Gasteiger partial charge in [0.15, 0.2) is 0 Å². The average Bonchev–Trinajstić information content (AvgIpc) is 2.33. The van der Waals surface area contributed by atoms with Crippen LogP contribution in [0.1, 0.15) is 24.8 Å². The van der Waals surface area contributed by atoms with Crippen LogP contribution in [0.2, 0.25) is 0 Å². The molecule has 3 aliphatic rings. The highest BCUT2D eigenvalue weighted by Gasteiger charge is 2.65. The molecule has 3 nitrogen and oxygen atoms in total. The molecule has 5 atom stereocenters. The Morgan fingerprint density at radius 1 is 1.05 bits per heavy atom. The van der Waals surface area contributed by atoms with Gasteiger partial charge in [0.25, 0.3) is 10.1 Å². The molecular formula is C15H18O3S. The standard InChI is InChI=1S/C15H18O3S/c1-9-2-4-10(5-3-9)19(16,17)18-14-8-13-11-6-7-12(11)15(13)14/h2-5,11-15H,6-8H2,1H3/t11-,12-,13-,14-,15+/m1/s1. The SMILES string of the molecule is Cc1ccc(S(=O)(=O)O[C@@H]2C[C@@H]3[C@@H]4CC[C@H]4[C@@H]32)cc1. The van der Waals surface area contributed by atoms with Crippen molar-refractivity contribution in [3.05, 3.63) is 29.8 Å². The van der Waals surface area contributed by atoms with Gasteiger partial charge in [0.2, 0.25) is 0 Å². The molecular weight excluding hydrogens is 260 g/mol. The molecule has 3 aliphatic carbocycles. The fourth-order valence-electron chi connectivity index (χ4n) is 4.16.